The van der Waals surface area contributed by atoms with Gasteiger partial charge in [0.25, 0.3) is 10.0 Å². The molecule has 0 atom stereocenters. The Labute approximate surface area is 26.3 Å². The summed E-state index contributed by atoms with van der Waals surface area (Å²) in [5, 5.41) is 0. The third-order valence-electron chi connectivity index (χ3n) is 0. The third kappa shape index (κ3) is 269. The summed E-state index contributed by atoms with van der Waals surface area (Å²) in [6.07, 6.45) is 0. The van der Waals surface area contributed by atoms with Crippen LogP contribution in [0, 0.1) is 0 Å². The van der Waals surface area contributed by atoms with Crippen LogP contribution in [-0.4, -0.2) is 25.1 Å². The Kier molecular flexibility index (Phi) is 25.3. The van der Waals surface area contributed by atoms with E-state index < -0.39 is 10.0 Å². The second-order valence-corrected chi connectivity index (χ2v) is 0.424. The van der Waals surface area contributed by atoms with Crippen molar-refractivity contribution in [2.24, 2.45) is 0 Å². The van der Waals surface area contributed by atoms with Gasteiger partial charge in [0, 0.05) is 0 Å². The Balaban J connectivity index is 0. The molecule has 0 aromatic carbocycles. The van der Waals surface area contributed by atoms with Gasteiger partial charge in [-0.3, -0.25) is 0 Å². The van der Waals surface area contributed by atoms with E-state index >= 15 is 0 Å². The van der Waals surface area contributed by atoms with Gasteiger partial charge >= 0.3 is 0 Å². The molecule has 0 saturated carbocycles. The fourth-order valence-electron chi connectivity index (χ4n) is 0. The minimum Gasteiger partial charge on any atom is -0.415 e. The molecule has 0 heterocycles. The van der Waals surface area contributed by atoms with Crippen molar-refractivity contribution in [1.82, 2.24) is 0 Å². The summed E-state index contributed by atoms with van der Waals surface area (Å²) >= 11 is 0. The molecule has 0 unspecified atom stereocenters. The van der Waals surface area contributed by atoms with E-state index in [0.29, 0.717) is 0 Å². The molecule has 0 spiro atoms. The largest absolute Gasteiger partial charge is 0.415 e. The zero-order valence-corrected chi connectivity index (χ0v) is 3.52. The Morgan fingerprint density at radius 1 is 1.25 bits per heavy atom. The summed E-state index contributed by atoms with van der Waals surface area (Å²) in [6, 6.07) is 0. The van der Waals surface area contributed by atoms with Gasteiger partial charge in [-0.2, -0.15) is 0 Å². The summed E-state index contributed by atoms with van der Waals surface area (Å²) in [7, 11) is -1.58. The van der Waals surface area contributed by atoms with Crippen molar-refractivity contribution in [2.75, 3.05) is 0 Å². The fraction of sp³-hybridized carbons (Fsp3) is 0. The zero-order chi connectivity index (χ0) is 2.71. The van der Waals surface area contributed by atoms with Crippen LogP contribution in [0.5, 0.6) is 0 Å². The van der Waals surface area contributed by atoms with Crippen molar-refractivity contribution in [3.05, 3.63) is 0 Å². The average Bonchev–Trinajstić information content (AvgIpc) is 0.918. The van der Waals surface area contributed by atoms with Crippen LogP contribution in [0.2, 0.25) is 0 Å². The van der Waals surface area contributed by atoms with Crippen LogP contribution in [0.4, 0.5) is 0 Å². The molecule has 0 rings (SSSR count). The van der Waals surface area contributed by atoms with Crippen LogP contribution in [0.25, 0.3) is 0 Å². The number of hydrogen-bond donors (Lipinski definition) is 2. The van der Waals surface area contributed by atoms with Gasteiger partial charge in [0.1, 0.15) is 0 Å². The van der Waals surface area contributed by atoms with Gasteiger partial charge in [-0.15, -0.1) is 0 Å². The lowest BCUT2D eigenvalue weighted by Gasteiger charge is -1.52. The minimum atomic E-state index is -1.58. The number of rotatable bonds is 0. The Morgan fingerprint density at radius 3 is 1.25 bits per heavy atom. The second-order valence-electron chi connectivity index (χ2n) is 0.141. The molecule has 4 heteroatoms. The van der Waals surface area contributed by atoms with Gasteiger partial charge in [-0.05, 0) is 0 Å². The molecule has 0 aliphatic heterocycles. The van der Waals surface area contributed by atoms with E-state index in [1.807, 2.05) is 0 Å². The molecular weight excluding hydrogens is 76.1 g/mol. The van der Waals surface area contributed by atoms with Crippen LogP contribution in [-0.2, 0) is 0 Å². The molecule has 0 bridgehead atoms. The lowest BCUT2D eigenvalue weighted by molar-refractivity contribution is 0.448. The van der Waals surface area contributed by atoms with E-state index in [1.165, 1.54) is 0 Å². The van der Waals surface area contributed by atoms with Crippen LogP contribution in [0.3, 0.4) is 0 Å². The SMILES string of the molecule is O.O[SiH2]O. The smallest absolute Gasteiger partial charge is 0.299 e. The van der Waals surface area contributed by atoms with E-state index in [0.717, 1.165) is 0 Å². The highest BCUT2D eigenvalue weighted by molar-refractivity contribution is 6.13. The normalized spacial score (nSPS) is 4.50. The lowest BCUT2D eigenvalue weighted by Crippen LogP contribution is -1.75. The predicted octanol–water partition coefficient (Wildman–Crippen LogP) is -2.85. The van der Waals surface area contributed by atoms with Crippen LogP contribution in [0.1, 0.15) is 0 Å². The molecule has 3 nitrogen and oxygen atoms in total. The second kappa shape index (κ2) is 11.3. The molecule has 4 N–H and O–H groups in total. The first-order valence-electron chi connectivity index (χ1n) is 0.632. The van der Waals surface area contributed by atoms with Gasteiger partial charge in [-0.1, -0.05) is 0 Å². The van der Waals surface area contributed by atoms with Crippen molar-refractivity contribution >= 4 is 10.0 Å². The molecular formula is H6O3Si. The highest BCUT2D eigenvalue weighted by Crippen LogP contribution is 1.08. The average molecular weight is 82.1 g/mol. The maximum Gasteiger partial charge on any atom is 0.299 e. The van der Waals surface area contributed by atoms with Crippen molar-refractivity contribution in [2.45, 2.75) is 0 Å². The van der Waals surface area contributed by atoms with Gasteiger partial charge in [0.15, 0.2) is 0 Å². The summed E-state index contributed by atoms with van der Waals surface area (Å²) in [5.41, 5.74) is 0. The molecule has 0 fully saturated rings. The van der Waals surface area contributed by atoms with Crippen molar-refractivity contribution in [1.29, 1.82) is 0 Å². The quantitative estimate of drug-likeness (QED) is 0.309. The lowest BCUT2D eigenvalue weighted by atomic mass is 15.8. The van der Waals surface area contributed by atoms with E-state index in [9.17, 15) is 0 Å². The van der Waals surface area contributed by atoms with Gasteiger partial charge in [-0.25, -0.2) is 0 Å². The van der Waals surface area contributed by atoms with Gasteiger partial charge in [0.2, 0.25) is 0 Å². The molecule has 28 valence electrons. The van der Waals surface area contributed by atoms with E-state index in [2.05, 4.69) is 0 Å². The van der Waals surface area contributed by atoms with Crippen molar-refractivity contribution in [3.63, 3.8) is 0 Å². The van der Waals surface area contributed by atoms with Crippen LogP contribution < -0.4 is 0 Å². The molecule has 0 aliphatic rings. The summed E-state index contributed by atoms with van der Waals surface area (Å²) in [6.45, 7) is 0. The summed E-state index contributed by atoms with van der Waals surface area (Å²) < 4.78 is 0. The molecule has 0 aromatic heterocycles. The zero-order valence-electron chi connectivity index (χ0n) is 2.10. The Hall–Kier alpha value is 0.0969. The topological polar surface area (TPSA) is 72.0 Å². The molecule has 4 heavy (non-hydrogen) atoms. The minimum absolute atomic E-state index is 0. The van der Waals surface area contributed by atoms with Crippen LogP contribution >= 0.6 is 0 Å². The summed E-state index contributed by atoms with van der Waals surface area (Å²) in [5.74, 6) is 0. The van der Waals surface area contributed by atoms with Crippen molar-refractivity contribution in [3.8, 4) is 0 Å². The standard InChI is InChI=1S/H4O2Si.H2O/c1-3-2;/h1-2H,3H2;1H2. The first kappa shape index (κ1) is 8.94. The van der Waals surface area contributed by atoms with Gasteiger partial charge in [0.05, 0.1) is 0 Å². The maximum atomic E-state index is 7.26. The predicted molar refractivity (Wildman–Crippen MR) is 16.6 cm³/mol. The van der Waals surface area contributed by atoms with Crippen molar-refractivity contribution < 1.29 is 15.1 Å². The molecule has 0 amide bonds. The third-order valence-corrected chi connectivity index (χ3v) is 0. The molecule has 0 aromatic rings. The number of hydrogen-bond acceptors (Lipinski definition) is 2. The summed E-state index contributed by atoms with van der Waals surface area (Å²) in [4.78, 5) is 14.5. The Morgan fingerprint density at radius 2 is 1.25 bits per heavy atom. The molecule has 0 radical (unpaired) electrons. The monoisotopic (exact) mass is 82.0 g/mol. The van der Waals surface area contributed by atoms with E-state index in [-0.39, 0.29) is 5.48 Å². The highest BCUT2D eigenvalue weighted by Gasteiger charge is 1.40. The Bertz CT molecular complexity index is 3.25. The maximum absolute atomic E-state index is 7.26. The fourth-order valence-corrected chi connectivity index (χ4v) is 0. The van der Waals surface area contributed by atoms with Gasteiger partial charge < -0.3 is 15.1 Å². The van der Waals surface area contributed by atoms with Crippen LogP contribution in [0.15, 0.2) is 0 Å². The first-order chi connectivity index (χ1) is 1.41. The van der Waals surface area contributed by atoms with E-state index in [4.69, 9.17) is 9.59 Å². The van der Waals surface area contributed by atoms with E-state index in [1.54, 1.807) is 0 Å². The molecule has 0 saturated heterocycles. The molecule has 0 aliphatic carbocycles. The highest BCUT2D eigenvalue weighted by atomic mass is 28.2. The first-order valence-corrected chi connectivity index (χ1v) is 1.90.